The van der Waals surface area contributed by atoms with E-state index >= 15 is 0 Å². The third-order valence-electron chi connectivity index (χ3n) is 2.71. The fourth-order valence-electron chi connectivity index (χ4n) is 1.81. The van der Waals surface area contributed by atoms with E-state index in [4.69, 9.17) is 9.84 Å². The van der Waals surface area contributed by atoms with E-state index in [0.29, 0.717) is 12.6 Å². The van der Waals surface area contributed by atoms with E-state index in [9.17, 15) is 0 Å². The first kappa shape index (κ1) is 8.44. The number of rotatable bonds is 2. The number of ether oxygens (including phenoxy) is 1. The first-order chi connectivity index (χ1) is 5.92. The Morgan fingerprint density at radius 1 is 1.50 bits per heavy atom. The van der Waals surface area contributed by atoms with Crippen LogP contribution in [0, 0.1) is 0 Å². The molecule has 2 aliphatic rings. The molecule has 0 radical (unpaired) electrons. The highest BCUT2D eigenvalue weighted by Gasteiger charge is 2.31. The number of hydrogen-bond donors (Lipinski definition) is 2. The zero-order valence-corrected chi connectivity index (χ0v) is 7.20. The summed E-state index contributed by atoms with van der Waals surface area (Å²) in [7, 11) is 0. The summed E-state index contributed by atoms with van der Waals surface area (Å²) in [6, 6.07) is 0.858. The quantitative estimate of drug-likeness (QED) is 0.540. The molecule has 0 amide bonds. The highest BCUT2D eigenvalue weighted by atomic mass is 16.5. The van der Waals surface area contributed by atoms with Crippen LogP contribution in [0.2, 0.25) is 0 Å². The third kappa shape index (κ3) is 1.47. The summed E-state index contributed by atoms with van der Waals surface area (Å²) >= 11 is 0. The van der Waals surface area contributed by atoms with Gasteiger partial charge in [0.2, 0.25) is 0 Å². The van der Waals surface area contributed by atoms with Crippen molar-refractivity contribution < 1.29 is 9.84 Å². The maximum Gasteiger partial charge on any atom is 0.0645 e. The molecule has 2 N–H and O–H groups in total. The van der Waals surface area contributed by atoms with Crippen molar-refractivity contribution in [2.45, 2.75) is 12.1 Å². The van der Waals surface area contributed by atoms with Gasteiger partial charge >= 0.3 is 0 Å². The molecule has 0 spiro atoms. The normalized spacial score (nSPS) is 33.2. The Labute approximate surface area is 72.5 Å². The van der Waals surface area contributed by atoms with Gasteiger partial charge in [0.25, 0.3) is 0 Å². The van der Waals surface area contributed by atoms with E-state index in [1.807, 2.05) is 0 Å². The molecule has 2 heterocycles. The van der Waals surface area contributed by atoms with Crippen molar-refractivity contribution in [3.63, 3.8) is 0 Å². The van der Waals surface area contributed by atoms with E-state index < -0.39 is 0 Å². The molecule has 70 valence electrons. The van der Waals surface area contributed by atoms with Crippen LogP contribution >= 0.6 is 0 Å². The molecule has 12 heavy (non-hydrogen) atoms. The van der Waals surface area contributed by atoms with E-state index in [2.05, 4.69) is 10.2 Å². The number of nitrogens with one attached hydrogen (secondary N) is 1. The molecule has 2 saturated heterocycles. The number of hydrogen-bond acceptors (Lipinski definition) is 4. The number of morpholine rings is 1. The molecule has 4 nitrogen and oxygen atoms in total. The van der Waals surface area contributed by atoms with E-state index in [0.717, 1.165) is 26.2 Å². The van der Waals surface area contributed by atoms with Crippen LogP contribution in [-0.2, 0) is 4.74 Å². The first-order valence-electron chi connectivity index (χ1n) is 4.57. The van der Waals surface area contributed by atoms with Gasteiger partial charge in [0.15, 0.2) is 0 Å². The highest BCUT2D eigenvalue weighted by molar-refractivity contribution is 4.89. The van der Waals surface area contributed by atoms with E-state index in [1.54, 1.807) is 0 Å². The predicted octanol–water partition coefficient (Wildman–Crippen LogP) is -1.35. The number of aliphatic hydroxyl groups excluding tert-OH is 1. The second-order valence-electron chi connectivity index (χ2n) is 3.46. The van der Waals surface area contributed by atoms with Gasteiger partial charge < -0.3 is 15.2 Å². The second-order valence-corrected chi connectivity index (χ2v) is 3.46. The summed E-state index contributed by atoms with van der Waals surface area (Å²) in [5.74, 6) is 0. The van der Waals surface area contributed by atoms with Gasteiger partial charge in [0.05, 0.1) is 25.9 Å². The minimum absolute atomic E-state index is 0.219. The molecule has 0 aliphatic carbocycles. The number of aliphatic hydroxyl groups is 1. The summed E-state index contributed by atoms with van der Waals surface area (Å²) in [6.07, 6.45) is 0. The molecular weight excluding hydrogens is 156 g/mol. The summed E-state index contributed by atoms with van der Waals surface area (Å²) in [6.45, 7) is 4.82. The minimum atomic E-state index is 0.219. The summed E-state index contributed by atoms with van der Waals surface area (Å²) < 4.78 is 5.30. The first-order valence-corrected chi connectivity index (χ1v) is 4.57. The van der Waals surface area contributed by atoms with Crippen LogP contribution < -0.4 is 5.32 Å². The summed E-state index contributed by atoms with van der Waals surface area (Å²) in [5.41, 5.74) is 0. The summed E-state index contributed by atoms with van der Waals surface area (Å²) in [5, 5.41) is 12.3. The van der Waals surface area contributed by atoms with Crippen molar-refractivity contribution >= 4 is 0 Å². The smallest absolute Gasteiger partial charge is 0.0645 e. The van der Waals surface area contributed by atoms with Gasteiger partial charge in [-0.2, -0.15) is 0 Å². The molecule has 0 bridgehead atoms. The molecular formula is C8H16N2O2. The van der Waals surface area contributed by atoms with Gasteiger partial charge in [-0.1, -0.05) is 0 Å². The Kier molecular flexibility index (Phi) is 2.60. The Morgan fingerprint density at radius 3 is 2.92 bits per heavy atom. The van der Waals surface area contributed by atoms with Gasteiger partial charge in [-0.25, -0.2) is 0 Å². The Bertz CT molecular complexity index is 150. The van der Waals surface area contributed by atoms with Crippen LogP contribution in [0.25, 0.3) is 0 Å². The molecule has 1 atom stereocenters. The maximum absolute atomic E-state index is 9.09. The van der Waals surface area contributed by atoms with Crippen molar-refractivity contribution in [3.8, 4) is 0 Å². The lowest BCUT2D eigenvalue weighted by Gasteiger charge is -2.44. The van der Waals surface area contributed by atoms with Crippen molar-refractivity contribution in [1.82, 2.24) is 10.2 Å². The fraction of sp³-hybridized carbons (Fsp3) is 1.00. The lowest BCUT2D eigenvalue weighted by Crippen LogP contribution is -2.63. The zero-order valence-electron chi connectivity index (χ0n) is 7.20. The van der Waals surface area contributed by atoms with Gasteiger partial charge in [-0.05, 0) is 0 Å². The molecule has 4 heteroatoms. The fourth-order valence-corrected chi connectivity index (χ4v) is 1.81. The highest BCUT2D eigenvalue weighted by Crippen LogP contribution is 2.13. The van der Waals surface area contributed by atoms with Crippen molar-refractivity contribution in [2.75, 3.05) is 39.5 Å². The van der Waals surface area contributed by atoms with Gasteiger partial charge in [-0.15, -0.1) is 0 Å². The second kappa shape index (κ2) is 3.70. The van der Waals surface area contributed by atoms with Crippen LogP contribution in [0.4, 0.5) is 0 Å². The maximum atomic E-state index is 9.09. The van der Waals surface area contributed by atoms with Crippen LogP contribution in [0.15, 0.2) is 0 Å². The molecule has 2 aliphatic heterocycles. The molecule has 2 rings (SSSR count). The van der Waals surface area contributed by atoms with Gasteiger partial charge in [0, 0.05) is 25.7 Å². The Hall–Kier alpha value is -0.160. The standard InChI is InChI=1S/C8H16N2O2/c11-5-8-6-12-2-1-10(8)7-3-9-4-7/h7-9,11H,1-6H2/t8-/m1/s1. The monoisotopic (exact) mass is 172 g/mol. The van der Waals surface area contributed by atoms with Crippen molar-refractivity contribution in [2.24, 2.45) is 0 Å². The van der Waals surface area contributed by atoms with Gasteiger partial charge in [-0.3, -0.25) is 4.90 Å². The lowest BCUT2D eigenvalue weighted by molar-refractivity contribution is -0.0561. The van der Waals surface area contributed by atoms with Gasteiger partial charge in [0.1, 0.15) is 0 Å². The molecule has 2 fully saturated rings. The van der Waals surface area contributed by atoms with E-state index in [-0.39, 0.29) is 12.6 Å². The lowest BCUT2D eigenvalue weighted by atomic mass is 10.1. The molecule has 0 aromatic carbocycles. The molecule has 0 unspecified atom stereocenters. The van der Waals surface area contributed by atoms with E-state index in [1.165, 1.54) is 0 Å². The number of nitrogens with zero attached hydrogens (tertiary/aromatic N) is 1. The molecule has 0 saturated carbocycles. The van der Waals surface area contributed by atoms with Crippen LogP contribution in [0.1, 0.15) is 0 Å². The van der Waals surface area contributed by atoms with Crippen LogP contribution in [-0.4, -0.2) is 61.5 Å². The average Bonchev–Trinajstić information content (AvgIpc) is 2.02. The third-order valence-corrected chi connectivity index (χ3v) is 2.71. The Balaban J connectivity index is 1.90. The predicted molar refractivity (Wildman–Crippen MR) is 45.1 cm³/mol. The van der Waals surface area contributed by atoms with Crippen LogP contribution in [0.5, 0.6) is 0 Å². The van der Waals surface area contributed by atoms with Crippen molar-refractivity contribution in [1.29, 1.82) is 0 Å². The van der Waals surface area contributed by atoms with Crippen LogP contribution in [0.3, 0.4) is 0 Å². The molecule has 0 aromatic rings. The largest absolute Gasteiger partial charge is 0.395 e. The zero-order chi connectivity index (χ0) is 8.39. The minimum Gasteiger partial charge on any atom is -0.395 e. The Morgan fingerprint density at radius 2 is 2.33 bits per heavy atom. The average molecular weight is 172 g/mol. The summed E-state index contributed by atoms with van der Waals surface area (Å²) in [4.78, 5) is 2.36. The molecule has 0 aromatic heterocycles. The topological polar surface area (TPSA) is 44.7 Å². The SMILES string of the molecule is OC[C@@H]1COCCN1C1CNC1. The van der Waals surface area contributed by atoms with Crippen molar-refractivity contribution in [3.05, 3.63) is 0 Å².